The molecule has 0 radical (unpaired) electrons. The Morgan fingerprint density at radius 1 is 1.07 bits per heavy atom. The number of carbonyl (C=O) groups excluding carboxylic acids is 1. The second-order valence-corrected chi connectivity index (χ2v) is 6.16. The number of anilines is 1. The number of ether oxygens (including phenoxy) is 3. The van der Waals surface area contributed by atoms with E-state index in [4.69, 9.17) is 14.2 Å². The van der Waals surface area contributed by atoms with Gasteiger partial charge >= 0.3 is 0 Å². The lowest BCUT2D eigenvalue weighted by Crippen LogP contribution is -2.34. The SMILES string of the molecule is COc1cc(/C=C/C(=O)N2CCCc3ccc(F)cc32)cc(OC)c1OC. The quantitative estimate of drug-likeness (QED) is 0.749. The highest BCUT2D eigenvalue weighted by atomic mass is 19.1. The molecule has 5 nitrogen and oxygen atoms in total. The maximum absolute atomic E-state index is 13.6. The number of carbonyl (C=O) groups is 1. The van der Waals surface area contributed by atoms with E-state index in [2.05, 4.69) is 0 Å². The van der Waals surface area contributed by atoms with Crippen molar-refractivity contribution in [3.63, 3.8) is 0 Å². The largest absolute Gasteiger partial charge is 0.493 e. The maximum Gasteiger partial charge on any atom is 0.250 e. The van der Waals surface area contributed by atoms with Crippen molar-refractivity contribution in [2.75, 3.05) is 32.8 Å². The van der Waals surface area contributed by atoms with Crippen molar-refractivity contribution in [1.29, 1.82) is 0 Å². The van der Waals surface area contributed by atoms with E-state index < -0.39 is 0 Å². The third kappa shape index (κ3) is 3.89. The summed E-state index contributed by atoms with van der Waals surface area (Å²) in [5.41, 5.74) is 2.35. The van der Waals surface area contributed by atoms with Gasteiger partial charge in [-0.3, -0.25) is 4.79 Å². The Labute approximate surface area is 158 Å². The van der Waals surface area contributed by atoms with Crippen molar-refractivity contribution in [3.05, 3.63) is 53.4 Å². The number of aryl methyl sites for hydroxylation is 1. The molecule has 0 aromatic heterocycles. The molecule has 0 atom stereocenters. The molecule has 0 N–H and O–H groups in total. The molecule has 2 aromatic carbocycles. The molecule has 0 aliphatic carbocycles. The van der Waals surface area contributed by atoms with Gasteiger partial charge in [-0.25, -0.2) is 4.39 Å². The monoisotopic (exact) mass is 371 g/mol. The number of benzene rings is 2. The Morgan fingerprint density at radius 3 is 2.41 bits per heavy atom. The lowest BCUT2D eigenvalue weighted by Gasteiger charge is -2.28. The van der Waals surface area contributed by atoms with Crippen LogP contribution in [-0.4, -0.2) is 33.8 Å². The van der Waals surface area contributed by atoms with Crippen molar-refractivity contribution in [2.24, 2.45) is 0 Å². The van der Waals surface area contributed by atoms with Crippen LogP contribution < -0.4 is 19.1 Å². The van der Waals surface area contributed by atoms with Crippen LogP contribution in [0, 0.1) is 5.82 Å². The molecule has 0 saturated heterocycles. The summed E-state index contributed by atoms with van der Waals surface area (Å²) < 4.78 is 29.6. The van der Waals surface area contributed by atoms with Crippen LogP contribution in [0.2, 0.25) is 0 Å². The summed E-state index contributed by atoms with van der Waals surface area (Å²) in [5.74, 6) is 0.963. The lowest BCUT2D eigenvalue weighted by atomic mass is 10.0. The van der Waals surface area contributed by atoms with Gasteiger partial charge in [0, 0.05) is 12.6 Å². The number of nitrogens with zero attached hydrogens (tertiary/aromatic N) is 1. The first-order valence-electron chi connectivity index (χ1n) is 8.65. The molecular weight excluding hydrogens is 349 g/mol. The van der Waals surface area contributed by atoms with Crippen molar-refractivity contribution >= 4 is 17.7 Å². The molecule has 1 aliphatic heterocycles. The third-order valence-electron chi connectivity index (χ3n) is 4.54. The van der Waals surface area contributed by atoms with Crippen molar-refractivity contribution < 1.29 is 23.4 Å². The van der Waals surface area contributed by atoms with E-state index in [1.807, 2.05) is 0 Å². The van der Waals surface area contributed by atoms with Gasteiger partial charge in [-0.2, -0.15) is 0 Å². The number of amides is 1. The molecule has 0 fully saturated rings. The van der Waals surface area contributed by atoms with Crippen LogP contribution in [0.25, 0.3) is 6.08 Å². The molecular formula is C21H22FNO4. The first-order valence-corrected chi connectivity index (χ1v) is 8.65. The number of hydrogen-bond acceptors (Lipinski definition) is 4. The Kier molecular flexibility index (Phi) is 5.64. The standard InChI is InChI=1S/C21H22FNO4/c1-25-18-11-14(12-19(26-2)21(18)27-3)6-9-20(24)23-10-4-5-15-7-8-16(22)13-17(15)23/h6-9,11-13H,4-5,10H2,1-3H3/b9-6+. The molecule has 0 bridgehead atoms. The van der Waals surface area contributed by atoms with E-state index in [9.17, 15) is 9.18 Å². The molecule has 1 aliphatic rings. The summed E-state index contributed by atoms with van der Waals surface area (Å²) >= 11 is 0. The molecule has 0 unspecified atom stereocenters. The molecule has 142 valence electrons. The molecule has 0 spiro atoms. The van der Waals surface area contributed by atoms with E-state index in [-0.39, 0.29) is 11.7 Å². The van der Waals surface area contributed by atoms with E-state index >= 15 is 0 Å². The Balaban J connectivity index is 1.87. The van der Waals surface area contributed by atoms with Crippen molar-refractivity contribution in [2.45, 2.75) is 12.8 Å². The fraction of sp³-hybridized carbons (Fsp3) is 0.286. The van der Waals surface area contributed by atoms with Crippen LogP contribution in [-0.2, 0) is 11.2 Å². The van der Waals surface area contributed by atoms with Crippen LogP contribution in [0.15, 0.2) is 36.4 Å². The molecule has 27 heavy (non-hydrogen) atoms. The van der Waals surface area contributed by atoms with Crippen LogP contribution >= 0.6 is 0 Å². The van der Waals surface area contributed by atoms with Gasteiger partial charge < -0.3 is 19.1 Å². The van der Waals surface area contributed by atoms with Crippen LogP contribution in [0.4, 0.5) is 10.1 Å². The second-order valence-electron chi connectivity index (χ2n) is 6.16. The van der Waals surface area contributed by atoms with Gasteiger partial charge in [0.25, 0.3) is 5.91 Å². The van der Waals surface area contributed by atoms with Gasteiger partial charge in [0.05, 0.1) is 27.0 Å². The Bertz CT molecular complexity index is 853. The zero-order valence-electron chi connectivity index (χ0n) is 15.6. The van der Waals surface area contributed by atoms with E-state index in [0.717, 1.165) is 24.0 Å². The van der Waals surface area contributed by atoms with Gasteiger partial charge in [-0.05, 0) is 54.3 Å². The van der Waals surface area contributed by atoms with Gasteiger partial charge in [0.2, 0.25) is 5.75 Å². The zero-order chi connectivity index (χ0) is 19.4. The summed E-state index contributed by atoms with van der Waals surface area (Å²) in [4.78, 5) is 14.3. The predicted octanol–water partition coefficient (Wildman–Crippen LogP) is 3.84. The smallest absolute Gasteiger partial charge is 0.250 e. The number of fused-ring (bicyclic) bond motifs is 1. The highest BCUT2D eigenvalue weighted by molar-refractivity contribution is 6.04. The van der Waals surface area contributed by atoms with Gasteiger partial charge in [-0.15, -0.1) is 0 Å². The summed E-state index contributed by atoms with van der Waals surface area (Å²) in [6.07, 6.45) is 4.85. The Hall–Kier alpha value is -3.02. The van der Waals surface area contributed by atoms with E-state index in [1.54, 1.807) is 29.2 Å². The molecule has 2 aromatic rings. The summed E-state index contributed by atoms with van der Waals surface area (Å²) in [6.45, 7) is 0.564. The fourth-order valence-electron chi connectivity index (χ4n) is 3.23. The second kappa shape index (κ2) is 8.12. The first-order chi connectivity index (χ1) is 13.1. The first kappa shape index (κ1) is 18.8. The van der Waals surface area contributed by atoms with Gasteiger partial charge in [0.15, 0.2) is 11.5 Å². The van der Waals surface area contributed by atoms with Gasteiger partial charge in [-0.1, -0.05) is 6.07 Å². The number of halogens is 1. The third-order valence-corrected chi connectivity index (χ3v) is 4.54. The fourth-order valence-corrected chi connectivity index (χ4v) is 3.23. The molecule has 6 heteroatoms. The summed E-state index contributed by atoms with van der Waals surface area (Å²) in [7, 11) is 4.61. The number of methoxy groups -OCH3 is 3. The minimum absolute atomic E-state index is 0.199. The van der Waals surface area contributed by atoms with Crippen LogP contribution in [0.3, 0.4) is 0 Å². The molecule has 1 amide bonds. The average molecular weight is 371 g/mol. The topological polar surface area (TPSA) is 48.0 Å². The van der Waals surface area contributed by atoms with Crippen molar-refractivity contribution in [1.82, 2.24) is 0 Å². The van der Waals surface area contributed by atoms with Crippen LogP contribution in [0.5, 0.6) is 17.2 Å². The molecule has 0 saturated carbocycles. The normalized spacial score (nSPS) is 13.4. The minimum atomic E-state index is -0.345. The maximum atomic E-state index is 13.6. The minimum Gasteiger partial charge on any atom is -0.493 e. The number of rotatable bonds is 5. The highest BCUT2D eigenvalue weighted by Crippen LogP contribution is 2.38. The summed E-state index contributed by atoms with van der Waals surface area (Å²) in [5, 5.41) is 0. The van der Waals surface area contributed by atoms with Gasteiger partial charge in [0.1, 0.15) is 5.82 Å². The van der Waals surface area contributed by atoms with E-state index in [0.29, 0.717) is 29.5 Å². The Morgan fingerprint density at radius 2 is 1.78 bits per heavy atom. The molecule has 3 rings (SSSR count). The lowest BCUT2D eigenvalue weighted by molar-refractivity contribution is -0.114. The predicted molar refractivity (Wildman–Crippen MR) is 102 cm³/mol. The highest BCUT2D eigenvalue weighted by Gasteiger charge is 2.21. The molecule has 1 heterocycles. The van der Waals surface area contributed by atoms with E-state index in [1.165, 1.54) is 39.5 Å². The average Bonchev–Trinajstić information content (AvgIpc) is 2.70. The zero-order valence-corrected chi connectivity index (χ0v) is 15.6. The number of hydrogen-bond donors (Lipinski definition) is 0. The van der Waals surface area contributed by atoms with Crippen molar-refractivity contribution in [3.8, 4) is 17.2 Å². The summed E-state index contributed by atoms with van der Waals surface area (Å²) in [6, 6.07) is 8.11. The van der Waals surface area contributed by atoms with Crippen LogP contribution in [0.1, 0.15) is 17.5 Å².